The first kappa shape index (κ1) is 15.3. The fourth-order valence-electron chi connectivity index (χ4n) is 2.26. The van der Waals surface area contributed by atoms with E-state index >= 15 is 0 Å². The van der Waals surface area contributed by atoms with Crippen LogP contribution >= 0.6 is 27.5 Å². The molecule has 1 aromatic carbocycles. The Morgan fingerprint density at radius 3 is 2.63 bits per heavy atom. The van der Waals surface area contributed by atoms with Crippen molar-refractivity contribution < 1.29 is 8.42 Å². The third-order valence-corrected chi connectivity index (χ3v) is 5.78. The number of halogens is 2. The minimum Gasteiger partial charge on any atom is -0.326 e. The highest BCUT2D eigenvalue weighted by Gasteiger charge is 2.28. The summed E-state index contributed by atoms with van der Waals surface area (Å²) in [6.45, 7) is 0. The van der Waals surface area contributed by atoms with Crippen molar-refractivity contribution in [1.82, 2.24) is 4.72 Å². The summed E-state index contributed by atoms with van der Waals surface area (Å²) in [4.78, 5) is 0.0927. The zero-order chi connectivity index (χ0) is 14.0. The molecule has 0 spiro atoms. The van der Waals surface area contributed by atoms with Crippen LogP contribution in [0.1, 0.15) is 25.7 Å². The van der Waals surface area contributed by atoms with Gasteiger partial charge in [0.25, 0.3) is 0 Å². The summed E-state index contributed by atoms with van der Waals surface area (Å²) in [5.74, 6) is 0. The molecule has 1 fully saturated rings. The highest BCUT2D eigenvalue weighted by Crippen LogP contribution is 2.26. The van der Waals surface area contributed by atoms with Gasteiger partial charge in [0.05, 0.1) is 5.02 Å². The van der Waals surface area contributed by atoms with Crippen LogP contribution < -0.4 is 10.5 Å². The largest absolute Gasteiger partial charge is 0.326 e. The average molecular weight is 368 g/mol. The second-order valence-electron chi connectivity index (χ2n) is 4.75. The number of rotatable bonds is 3. The van der Waals surface area contributed by atoms with Gasteiger partial charge in [-0.2, -0.15) is 0 Å². The van der Waals surface area contributed by atoms with Gasteiger partial charge in [0.1, 0.15) is 4.90 Å². The number of benzene rings is 1. The maximum absolute atomic E-state index is 12.3. The standard InChI is InChI=1S/C12H16BrClN2O2S/c13-8-5-6-12(9(14)7-8)19(17,18)16-11-4-2-1-3-10(11)15/h5-7,10-11,16H,1-4,15H2. The van der Waals surface area contributed by atoms with Crippen molar-refractivity contribution in [2.24, 2.45) is 5.73 Å². The van der Waals surface area contributed by atoms with E-state index < -0.39 is 10.0 Å². The number of nitrogens with one attached hydrogen (secondary N) is 1. The third kappa shape index (κ3) is 3.70. The van der Waals surface area contributed by atoms with E-state index in [1.807, 2.05) is 0 Å². The third-order valence-electron chi connectivity index (χ3n) is 3.31. The molecule has 1 aliphatic rings. The minimum absolute atomic E-state index is 0.0927. The van der Waals surface area contributed by atoms with Crippen molar-refractivity contribution in [2.75, 3.05) is 0 Å². The van der Waals surface area contributed by atoms with Crippen LogP contribution in [0.2, 0.25) is 5.02 Å². The molecule has 1 saturated carbocycles. The van der Waals surface area contributed by atoms with Crippen molar-refractivity contribution in [3.8, 4) is 0 Å². The smallest absolute Gasteiger partial charge is 0.242 e. The van der Waals surface area contributed by atoms with Crippen molar-refractivity contribution in [3.05, 3.63) is 27.7 Å². The minimum atomic E-state index is -3.62. The number of nitrogens with two attached hydrogens (primary N) is 1. The summed E-state index contributed by atoms with van der Waals surface area (Å²) < 4.78 is 28.0. The Morgan fingerprint density at radius 2 is 2.00 bits per heavy atom. The molecule has 0 amide bonds. The molecule has 4 nitrogen and oxygen atoms in total. The first-order chi connectivity index (χ1) is 8.90. The molecule has 0 saturated heterocycles. The van der Waals surface area contributed by atoms with E-state index in [0.717, 1.165) is 30.2 Å². The van der Waals surface area contributed by atoms with Crippen LogP contribution in [-0.2, 0) is 10.0 Å². The molecule has 3 N–H and O–H groups in total. The SMILES string of the molecule is NC1CCCCC1NS(=O)(=O)c1ccc(Br)cc1Cl. The molecule has 0 aromatic heterocycles. The maximum atomic E-state index is 12.3. The monoisotopic (exact) mass is 366 g/mol. The summed E-state index contributed by atoms with van der Waals surface area (Å²) in [5.41, 5.74) is 5.96. The van der Waals surface area contributed by atoms with Gasteiger partial charge in [-0.1, -0.05) is 40.4 Å². The first-order valence-corrected chi connectivity index (χ1v) is 8.78. The molecule has 0 radical (unpaired) electrons. The topological polar surface area (TPSA) is 72.2 Å². The second kappa shape index (κ2) is 6.10. The average Bonchev–Trinajstić information content (AvgIpc) is 2.31. The quantitative estimate of drug-likeness (QED) is 0.862. The lowest BCUT2D eigenvalue weighted by Crippen LogP contribution is -2.49. The fourth-order valence-corrected chi connectivity index (χ4v) is 4.62. The predicted molar refractivity (Wildman–Crippen MR) is 79.7 cm³/mol. The molecular formula is C12H16BrClN2O2S. The lowest BCUT2D eigenvalue weighted by Gasteiger charge is -2.29. The molecule has 1 aromatic rings. The van der Waals surface area contributed by atoms with Crippen molar-refractivity contribution >= 4 is 37.6 Å². The molecule has 106 valence electrons. The van der Waals surface area contributed by atoms with E-state index in [0.29, 0.717) is 0 Å². The van der Waals surface area contributed by atoms with E-state index in [4.69, 9.17) is 17.3 Å². The highest BCUT2D eigenvalue weighted by molar-refractivity contribution is 9.10. The van der Waals surface area contributed by atoms with Crippen LogP contribution in [0.25, 0.3) is 0 Å². The Hall–Kier alpha value is -0.140. The van der Waals surface area contributed by atoms with Crippen LogP contribution in [0, 0.1) is 0 Å². The summed E-state index contributed by atoms with van der Waals surface area (Å²) in [6, 6.07) is 4.37. The lowest BCUT2D eigenvalue weighted by atomic mass is 9.92. The predicted octanol–water partition coefficient (Wildman–Crippen LogP) is 2.65. The van der Waals surface area contributed by atoms with Gasteiger partial charge in [0.2, 0.25) is 10.0 Å². The van der Waals surface area contributed by atoms with Crippen LogP contribution in [0.15, 0.2) is 27.6 Å². The van der Waals surface area contributed by atoms with Crippen LogP contribution in [0.3, 0.4) is 0 Å². The van der Waals surface area contributed by atoms with Gasteiger partial charge in [-0.15, -0.1) is 0 Å². The summed E-state index contributed by atoms with van der Waals surface area (Å²) >= 11 is 9.24. The molecule has 7 heteroatoms. The van der Waals surface area contributed by atoms with Crippen molar-refractivity contribution in [1.29, 1.82) is 0 Å². The Labute approximate surface area is 126 Å². The normalized spacial score (nSPS) is 24.4. The number of sulfonamides is 1. The van der Waals surface area contributed by atoms with Gasteiger partial charge in [0, 0.05) is 16.6 Å². The van der Waals surface area contributed by atoms with E-state index in [2.05, 4.69) is 20.7 Å². The summed E-state index contributed by atoms with van der Waals surface area (Å²) in [5, 5.41) is 0.200. The summed E-state index contributed by atoms with van der Waals surface area (Å²) in [7, 11) is -3.62. The van der Waals surface area contributed by atoms with Crippen molar-refractivity contribution in [3.63, 3.8) is 0 Å². The molecule has 0 heterocycles. The molecule has 0 bridgehead atoms. The van der Waals surface area contributed by atoms with Gasteiger partial charge < -0.3 is 5.73 Å². The maximum Gasteiger partial charge on any atom is 0.242 e. The molecule has 2 atom stereocenters. The Kier molecular flexibility index (Phi) is 4.89. The zero-order valence-corrected chi connectivity index (χ0v) is 13.4. The van der Waals surface area contributed by atoms with E-state index in [1.54, 1.807) is 12.1 Å². The van der Waals surface area contributed by atoms with Crippen LogP contribution in [-0.4, -0.2) is 20.5 Å². The molecule has 0 aliphatic heterocycles. The molecule has 2 unspecified atom stereocenters. The molecular weight excluding hydrogens is 352 g/mol. The zero-order valence-electron chi connectivity index (χ0n) is 10.3. The highest BCUT2D eigenvalue weighted by atomic mass is 79.9. The van der Waals surface area contributed by atoms with Gasteiger partial charge in [-0.3, -0.25) is 0 Å². The van der Waals surface area contributed by atoms with E-state index in [-0.39, 0.29) is 22.0 Å². The Bertz CT molecular complexity index is 565. The summed E-state index contributed by atoms with van der Waals surface area (Å²) in [6.07, 6.45) is 3.67. The molecule has 2 rings (SSSR count). The van der Waals surface area contributed by atoms with Crippen LogP contribution in [0.5, 0.6) is 0 Å². The van der Waals surface area contributed by atoms with Crippen molar-refractivity contribution in [2.45, 2.75) is 42.7 Å². The molecule has 1 aliphatic carbocycles. The number of hydrogen-bond acceptors (Lipinski definition) is 3. The van der Waals surface area contributed by atoms with E-state index in [1.165, 1.54) is 6.07 Å². The second-order valence-corrected chi connectivity index (χ2v) is 7.76. The van der Waals surface area contributed by atoms with Gasteiger partial charge in [-0.25, -0.2) is 13.1 Å². The van der Waals surface area contributed by atoms with Gasteiger partial charge in [0.15, 0.2) is 0 Å². The Morgan fingerprint density at radius 1 is 1.32 bits per heavy atom. The van der Waals surface area contributed by atoms with Gasteiger partial charge >= 0.3 is 0 Å². The Balaban J connectivity index is 2.22. The lowest BCUT2D eigenvalue weighted by molar-refractivity contribution is 0.361. The van der Waals surface area contributed by atoms with Gasteiger partial charge in [-0.05, 0) is 31.0 Å². The fraction of sp³-hybridized carbons (Fsp3) is 0.500. The molecule has 19 heavy (non-hydrogen) atoms. The van der Waals surface area contributed by atoms with E-state index in [9.17, 15) is 8.42 Å². The van der Waals surface area contributed by atoms with Crippen LogP contribution in [0.4, 0.5) is 0 Å². The first-order valence-electron chi connectivity index (χ1n) is 6.13. The number of hydrogen-bond donors (Lipinski definition) is 2.